The van der Waals surface area contributed by atoms with E-state index in [-0.39, 0.29) is 6.10 Å². The predicted molar refractivity (Wildman–Crippen MR) is 66.6 cm³/mol. The number of hydrogen-bond acceptors (Lipinski definition) is 2. The molecule has 16 heavy (non-hydrogen) atoms. The van der Waals surface area contributed by atoms with Crippen LogP contribution in [0.15, 0.2) is 24.3 Å². The van der Waals surface area contributed by atoms with E-state index in [0.29, 0.717) is 0 Å². The van der Waals surface area contributed by atoms with Crippen molar-refractivity contribution in [3.05, 3.63) is 35.4 Å². The molecule has 2 heteroatoms. The molecule has 0 spiro atoms. The van der Waals surface area contributed by atoms with E-state index in [1.165, 1.54) is 11.1 Å². The molecule has 1 N–H and O–H groups in total. The second-order valence-electron chi connectivity index (χ2n) is 4.81. The summed E-state index contributed by atoms with van der Waals surface area (Å²) in [6.45, 7) is 5.34. The van der Waals surface area contributed by atoms with E-state index in [0.717, 1.165) is 38.9 Å². The van der Waals surface area contributed by atoms with Crippen LogP contribution < -0.4 is 0 Å². The molecule has 0 saturated carbocycles. The molecule has 0 unspecified atom stereocenters. The maximum atomic E-state index is 9.42. The lowest BCUT2D eigenvalue weighted by molar-refractivity contribution is 0.0832. The van der Waals surface area contributed by atoms with E-state index in [9.17, 15) is 5.11 Å². The molecule has 1 fully saturated rings. The van der Waals surface area contributed by atoms with E-state index in [1.54, 1.807) is 0 Å². The molecule has 1 saturated heterocycles. The Kier molecular flexibility index (Phi) is 3.97. The van der Waals surface area contributed by atoms with Gasteiger partial charge >= 0.3 is 0 Å². The normalized spacial score (nSPS) is 18.9. The number of aliphatic hydroxyl groups is 1. The molecule has 0 amide bonds. The Morgan fingerprint density at radius 1 is 1.19 bits per heavy atom. The topological polar surface area (TPSA) is 23.5 Å². The van der Waals surface area contributed by atoms with Crippen molar-refractivity contribution in [2.75, 3.05) is 19.6 Å². The first-order valence-corrected chi connectivity index (χ1v) is 6.20. The largest absolute Gasteiger partial charge is 0.393 e. The fourth-order valence-electron chi connectivity index (χ4n) is 2.18. The van der Waals surface area contributed by atoms with Gasteiger partial charge in [0.15, 0.2) is 0 Å². The van der Waals surface area contributed by atoms with Crippen molar-refractivity contribution in [2.45, 2.75) is 32.3 Å². The van der Waals surface area contributed by atoms with Crippen molar-refractivity contribution in [3.63, 3.8) is 0 Å². The van der Waals surface area contributed by atoms with Crippen LogP contribution in [-0.2, 0) is 6.42 Å². The third-order valence-corrected chi connectivity index (χ3v) is 3.39. The fraction of sp³-hybridized carbons (Fsp3) is 0.571. The van der Waals surface area contributed by atoms with Gasteiger partial charge in [-0.25, -0.2) is 0 Å². The maximum Gasteiger partial charge on any atom is 0.0564 e. The summed E-state index contributed by atoms with van der Waals surface area (Å²) in [4.78, 5) is 2.45. The lowest BCUT2D eigenvalue weighted by atomic mass is 10.1. The first-order chi connectivity index (χ1) is 7.74. The van der Waals surface area contributed by atoms with Gasteiger partial charge in [-0.2, -0.15) is 0 Å². The summed E-state index contributed by atoms with van der Waals surface area (Å²) in [7, 11) is 0. The van der Waals surface area contributed by atoms with Crippen molar-refractivity contribution < 1.29 is 5.11 Å². The number of nitrogens with zero attached hydrogens (tertiary/aromatic N) is 1. The standard InChI is InChI=1S/C14H21NO/c1-12-2-4-13(5-3-12)6-9-15-10-7-14(16)8-11-15/h2-5,14,16H,6-11H2,1H3. The molecule has 2 nitrogen and oxygen atoms in total. The number of benzene rings is 1. The quantitative estimate of drug-likeness (QED) is 0.840. The average molecular weight is 219 g/mol. The van der Waals surface area contributed by atoms with E-state index in [4.69, 9.17) is 0 Å². The summed E-state index contributed by atoms with van der Waals surface area (Å²) in [6.07, 6.45) is 2.94. The van der Waals surface area contributed by atoms with Crippen LogP contribution in [-0.4, -0.2) is 35.7 Å². The third kappa shape index (κ3) is 3.32. The van der Waals surface area contributed by atoms with Crippen LogP contribution in [0.4, 0.5) is 0 Å². The number of rotatable bonds is 3. The Bertz CT molecular complexity index is 312. The van der Waals surface area contributed by atoms with Crippen molar-refractivity contribution in [1.29, 1.82) is 0 Å². The van der Waals surface area contributed by atoms with E-state index in [2.05, 4.69) is 36.1 Å². The van der Waals surface area contributed by atoms with Crippen LogP contribution in [0, 0.1) is 6.92 Å². The van der Waals surface area contributed by atoms with Crippen LogP contribution in [0.25, 0.3) is 0 Å². The first kappa shape index (κ1) is 11.6. The van der Waals surface area contributed by atoms with Crippen LogP contribution in [0.2, 0.25) is 0 Å². The molecule has 1 aliphatic heterocycles. The van der Waals surface area contributed by atoms with Gasteiger partial charge in [0.1, 0.15) is 0 Å². The van der Waals surface area contributed by atoms with E-state index < -0.39 is 0 Å². The minimum atomic E-state index is -0.0596. The molecule has 0 radical (unpaired) electrons. The van der Waals surface area contributed by atoms with Crippen LogP contribution in [0.3, 0.4) is 0 Å². The van der Waals surface area contributed by atoms with Crippen LogP contribution >= 0.6 is 0 Å². The molecule has 88 valence electrons. The Balaban J connectivity index is 1.77. The SMILES string of the molecule is Cc1ccc(CCN2CCC(O)CC2)cc1. The molecule has 0 bridgehead atoms. The number of aryl methyl sites for hydroxylation is 1. The van der Waals surface area contributed by atoms with Crippen molar-refractivity contribution in [2.24, 2.45) is 0 Å². The molecule has 0 aromatic heterocycles. The van der Waals surface area contributed by atoms with Crippen molar-refractivity contribution >= 4 is 0 Å². The third-order valence-electron chi connectivity index (χ3n) is 3.39. The van der Waals surface area contributed by atoms with Crippen molar-refractivity contribution in [3.8, 4) is 0 Å². The molecular weight excluding hydrogens is 198 g/mol. The Morgan fingerprint density at radius 2 is 1.81 bits per heavy atom. The molecular formula is C14H21NO. The van der Waals surface area contributed by atoms with Crippen LogP contribution in [0.1, 0.15) is 24.0 Å². The minimum Gasteiger partial charge on any atom is -0.393 e. The van der Waals surface area contributed by atoms with Gasteiger partial charge in [-0.1, -0.05) is 29.8 Å². The summed E-state index contributed by atoms with van der Waals surface area (Å²) in [5.74, 6) is 0. The predicted octanol–water partition coefficient (Wildman–Crippen LogP) is 1.99. The molecule has 1 aromatic carbocycles. The molecule has 0 atom stereocenters. The van der Waals surface area contributed by atoms with Gasteiger partial charge in [0.25, 0.3) is 0 Å². The monoisotopic (exact) mass is 219 g/mol. The summed E-state index contributed by atoms with van der Waals surface area (Å²) in [5, 5.41) is 9.42. The van der Waals surface area contributed by atoms with Crippen molar-refractivity contribution in [1.82, 2.24) is 4.90 Å². The highest BCUT2D eigenvalue weighted by atomic mass is 16.3. The first-order valence-electron chi connectivity index (χ1n) is 6.20. The zero-order valence-corrected chi connectivity index (χ0v) is 10.0. The lowest BCUT2D eigenvalue weighted by Gasteiger charge is -2.29. The minimum absolute atomic E-state index is 0.0596. The van der Waals surface area contributed by atoms with Gasteiger partial charge in [-0.05, 0) is 31.7 Å². The van der Waals surface area contributed by atoms with Gasteiger partial charge in [0.05, 0.1) is 6.10 Å². The highest BCUT2D eigenvalue weighted by Crippen LogP contribution is 2.11. The Hall–Kier alpha value is -0.860. The molecule has 1 aromatic rings. The number of hydrogen-bond donors (Lipinski definition) is 1. The highest BCUT2D eigenvalue weighted by Gasteiger charge is 2.16. The van der Waals surface area contributed by atoms with Gasteiger partial charge in [-0.3, -0.25) is 0 Å². The Labute approximate surface area is 97.9 Å². The number of aliphatic hydroxyl groups excluding tert-OH is 1. The maximum absolute atomic E-state index is 9.42. The lowest BCUT2D eigenvalue weighted by Crippen LogP contribution is -2.37. The molecule has 1 heterocycles. The summed E-state index contributed by atoms with van der Waals surface area (Å²) in [5.41, 5.74) is 2.74. The number of likely N-dealkylation sites (tertiary alicyclic amines) is 1. The van der Waals surface area contributed by atoms with Gasteiger partial charge in [-0.15, -0.1) is 0 Å². The van der Waals surface area contributed by atoms with Crippen LogP contribution in [0.5, 0.6) is 0 Å². The highest BCUT2D eigenvalue weighted by molar-refractivity contribution is 5.21. The average Bonchev–Trinajstić information content (AvgIpc) is 2.30. The zero-order chi connectivity index (χ0) is 11.4. The number of piperidine rings is 1. The second kappa shape index (κ2) is 5.46. The summed E-state index contributed by atoms with van der Waals surface area (Å²) < 4.78 is 0. The molecule has 2 rings (SSSR count). The van der Waals surface area contributed by atoms with Gasteiger partial charge in [0.2, 0.25) is 0 Å². The summed E-state index contributed by atoms with van der Waals surface area (Å²) >= 11 is 0. The Morgan fingerprint density at radius 3 is 2.44 bits per heavy atom. The molecule has 1 aliphatic rings. The fourth-order valence-corrected chi connectivity index (χ4v) is 2.18. The van der Waals surface area contributed by atoms with Gasteiger partial charge in [0, 0.05) is 19.6 Å². The van der Waals surface area contributed by atoms with E-state index >= 15 is 0 Å². The molecule has 0 aliphatic carbocycles. The smallest absolute Gasteiger partial charge is 0.0564 e. The van der Waals surface area contributed by atoms with E-state index in [1.807, 2.05) is 0 Å². The summed E-state index contributed by atoms with van der Waals surface area (Å²) in [6, 6.07) is 8.78. The zero-order valence-electron chi connectivity index (χ0n) is 10.0. The van der Waals surface area contributed by atoms with Gasteiger partial charge < -0.3 is 10.0 Å². The second-order valence-corrected chi connectivity index (χ2v) is 4.81.